The predicted molar refractivity (Wildman–Crippen MR) is 142 cm³/mol. The van der Waals surface area contributed by atoms with E-state index in [-0.39, 0.29) is 49.4 Å². The number of anilines is 1. The monoisotopic (exact) mass is 559 g/mol. The summed E-state index contributed by atoms with van der Waals surface area (Å²) in [7, 11) is -3.78. The number of sulfonamides is 1. The molecule has 2 aromatic carbocycles. The van der Waals surface area contributed by atoms with Gasteiger partial charge in [0.2, 0.25) is 21.8 Å². The third-order valence-electron chi connectivity index (χ3n) is 5.46. The molecular formula is C25H32Cl2FN3O4S. The SMILES string of the molecule is CC(C)CNC(=O)[C@H](C)N(Cc1ccc(Cl)c(Cl)c1)C(=O)CCCN(c1ccccc1F)S(C)(=O)=O. The quantitative estimate of drug-likeness (QED) is 0.402. The van der Waals surface area contributed by atoms with Crippen molar-refractivity contribution in [2.24, 2.45) is 5.92 Å². The molecule has 198 valence electrons. The fraction of sp³-hybridized carbons (Fsp3) is 0.440. The van der Waals surface area contributed by atoms with Crippen LogP contribution in [0.3, 0.4) is 0 Å². The largest absolute Gasteiger partial charge is 0.354 e. The maximum Gasteiger partial charge on any atom is 0.242 e. The molecular weight excluding hydrogens is 528 g/mol. The average Bonchev–Trinajstić information content (AvgIpc) is 2.80. The van der Waals surface area contributed by atoms with Gasteiger partial charge in [0.05, 0.1) is 22.0 Å². The van der Waals surface area contributed by atoms with Crippen LogP contribution in [0.5, 0.6) is 0 Å². The summed E-state index contributed by atoms with van der Waals surface area (Å²) in [6.45, 7) is 6.03. The minimum Gasteiger partial charge on any atom is -0.354 e. The van der Waals surface area contributed by atoms with E-state index < -0.39 is 21.9 Å². The molecule has 0 aliphatic carbocycles. The van der Waals surface area contributed by atoms with Gasteiger partial charge in [0.15, 0.2) is 0 Å². The first-order valence-electron chi connectivity index (χ1n) is 11.5. The molecule has 0 saturated carbocycles. The van der Waals surface area contributed by atoms with Gasteiger partial charge in [0.25, 0.3) is 0 Å². The molecule has 36 heavy (non-hydrogen) atoms. The number of para-hydroxylation sites is 1. The molecule has 2 amide bonds. The molecule has 0 aliphatic rings. The molecule has 0 fully saturated rings. The number of carbonyl (C=O) groups is 2. The van der Waals surface area contributed by atoms with Crippen LogP contribution in [0, 0.1) is 11.7 Å². The van der Waals surface area contributed by atoms with Crippen LogP contribution in [0.1, 0.15) is 39.2 Å². The summed E-state index contributed by atoms with van der Waals surface area (Å²) in [6, 6.07) is 9.73. The van der Waals surface area contributed by atoms with E-state index in [1.165, 1.54) is 29.2 Å². The Bertz CT molecular complexity index is 1180. The van der Waals surface area contributed by atoms with Gasteiger partial charge in [0, 0.05) is 26.1 Å². The highest BCUT2D eigenvalue weighted by Gasteiger charge is 2.27. The van der Waals surface area contributed by atoms with Crippen molar-refractivity contribution in [3.05, 3.63) is 63.9 Å². The molecule has 11 heteroatoms. The van der Waals surface area contributed by atoms with Gasteiger partial charge in [0.1, 0.15) is 11.9 Å². The van der Waals surface area contributed by atoms with Crippen LogP contribution < -0.4 is 9.62 Å². The highest BCUT2D eigenvalue weighted by molar-refractivity contribution is 7.92. The lowest BCUT2D eigenvalue weighted by molar-refractivity contribution is -0.140. The fourth-order valence-corrected chi connectivity index (χ4v) is 4.79. The maximum atomic E-state index is 14.3. The second-order valence-electron chi connectivity index (χ2n) is 8.98. The van der Waals surface area contributed by atoms with E-state index >= 15 is 0 Å². The van der Waals surface area contributed by atoms with Crippen LogP contribution in [0.25, 0.3) is 0 Å². The van der Waals surface area contributed by atoms with Crippen LogP contribution in [0.15, 0.2) is 42.5 Å². The summed E-state index contributed by atoms with van der Waals surface area (Å²) in [5, 5.41) is 3.53. The third-order valence-corrected chi connectivity index (χ3v) is 7.38. The number of rotatable bonds is 12. The molecule has 2 aromatic rings. The lowest BCUT2D eigenvalue weighted by Crippen LogP contribution is -2.48. The van der Waals surface area contributed by atoms with E-state index in [9.17, 15) is 22.4 Å². The van der Waals surface area contributed by atoms with Gasteiger partial charge in [-0.1, -0.05) is 55.2 Å². The lowest BCUT2D eigenvalue weighted by atomic mass is 10.1. The molecule has 0 saturated heterocycles. The number of nitrogens with one attached hydrogen (secondary N) is 1. The minimum atomic E-state index is -3.78. The van der Waals surface area contributed by atoms with Gasteiger partial charge in [-0.3, -0.25) is 13.9 Å². The van der Waals surface area contributed by atoms with Crippen LogP contribution in [0.2, 0.25) is 10.0 Å². The van der Waals surface area contributed by atoms with Gasteiger partial charge in [-0.2, -0.15) is 0 Å². The smallest absolute Gasteiger partial charge is 0.242 e. The van der Waals surface area contributed by atoms with Gasteiger partial charge < -0.3 is 10.2 Å². The van der Waals surface area contributed by atoms with Crippen LogP contribution in [0.4, 0.5) is 10.1 Å². The average molecular weight is 561 g/mol. The molecule has 0 spiro atoms. The number of halogens is 3. The Labute approximate surface area is 222 Å². The summed E-state index contributed by atoms with van der Waals surface area (Å²) >= 11 is 12.1. The zero-order valence-electron chi connectivity index (χ0n) is 20.8. The Balaban J connectivity index is 2.20. The van der Waals surface area contributed by atoms with E-state index in [1.54, 1.807) is 25.1 Å². The molecule has 0 heterocycles. The second kappa shape index (κ2) is 13.3. The molecule has 7 nitrogen and oxygen atoms in total. The van der Waals surface area contributed by atoms with Gasteiger partial charge in [-0.05, 0) is 49.1 Å². The Kier molecular flexibility index (Phi) is 11.0. The molecule has 1 N–H and O–H groups in total. The molecule has 0 radical (unpaired) electrons. The summed E-state index contributed by atoms with van der Waals surface area (Å²) < 4.78 is 39.8. The fourth-order valence-electron chi connectivity index (χ4n) is 3.51. The van der Waals surface area contributed by atoms with Crippen LogP contribution in [-0.4, -0.2) is 50.5 Å². The molecule has 0 bridgehead atoms. The van der Waals surface area contributed by atoms with E-state index in [0.29, 0.717) is 22.2 Å². The van der Waals surface area contributed by atoms with Crippen molar-refractivity contribution in [2.75, 3.05) is 23.7 Å². The van der Waals surface area contributed by atoms with Crippen molar-refractivity contribution in [3.8, 4) is 0 Å². The standard InChI is InChI=1S/C25H32Cl2FN3O4S/c1-17(2)15-29-25(33)18(3)30(16-19-11-12-20(26)21(27)14-19)24(32)10-7-13-31(36(4,34)35)23-9-6-5-8-22(23)28/h5-6,8-9,11-12,14,17-18H,7,10,13,15-16H2,1-4H3,(H,29,33)/t18-/m0/s1. The predicted octanol–water partition coefficient (Wildman–Crippen LogP) is 4.87. The summed E-state index contributed by atoms with van der Waals surface area (Å²) in [5.74, 6) is -1.09. The molecule has 0 aromatic heterocycles. The van der Waals surface area contributed by atoms with Crippen LogP contribution in [-0.2, 0) is 26.2 Å². The van der Waals surface area contributed by atoms with Gasteiger partial charge in [-0.15, -0.1) is 0 Å². The number of nitrogens with zero attached hydrogens (tertiary/aromatic N) is 2. The van der Waals surface area contributed by atoms with E-state index in [2.05, 4.69) is 5.32 Å². The first kappa shape index (κ1) is 29.9. The molecule has 0 unspecified atom stereocenters. The lowest BCUT2D eigenvalue weighted by Gasteiger charge is -2.30. The second-order valence-corrected chi connectivity index (χ2v) is 11.7. The summed E-state index contributed by atoms with van der Waals surface area (Å²) in [6.07, 6.45) is 1.06. The van der Waals surface area contributed by atoms with E-state index in [0.717, 1.165) is 10.6 Å². The molecule has 2 rings (SSSR count). The number of amides is 2. The van der Waals surface area contributed by atoms with Gasteiger partial charge >= 0.3 is 0 Å². The highest BCUT2D eigenvalue weighted by Crippen LogP contribution is 2.25. The Hall–Kier alpha value is -2.36. The van der Waals surface area contributed by atoms with Crippen molar-refractivity contribution in [1.82, 2.24) is 10.2 Å². The van der Waals surface area contributed by atoms with Crippen molar-refractivity contribution in [1.29, 1.82) is 0 Å². The Morgan fingerprint density at radius 1 is 1.06 bits per heavy atom. The summed E-state index contributed by atoms with van der Waals surface area (Å²) in [4.78, 5) is 27.4. The number of benzene rings is 2. The minimum absolute atomic E-state index is 0.0520. The van der Waals surface area contributed by atoms with Crippen molar-refractivity contribution >= 4 is 50.7 Å². The van der Waals surface area contributed by atoms with E-state index in [1.807, 2.05) is 13.8 Å². The number of hydrogen-bond acceptors (Lipinski definition) is 4. The van der Waals surface area contributed by atoms with Crippen molar-refractivity contribution in [3.63, 3.8) is 0 Å². The zero-order valence-corrected chi connectivity index (χ0v) is 23.1. The van der Waals surface area contributed by atoms with Crippen LogP contribution >= 0.6 is 23.2 Å². The zero-order chi connectivity index (χ0) is 27.0. The van der Waals surface area contributed by atoms with Crippen molar-refractivity contribution in [2.45, 2.75) is 46.2 Å². The molecule has 0 aliphatic heterocycles. The van der Waals surface area contributed by atoms with E-state index in [4.69, 9.17) is 23.2 Å². The topological polar surface area (TPSA) is 86.8 Å². The first-order chi connectivity index (χ1) is 16.8. The van der Waals surface area contributed by atoms with Crippen molar-refractivity contribution < 1.29 is 22.4 Å². The maximum absolute atomic E-state index is 14.3. The van der Waals surface area contributed by atoms with Gasteiger partial charge in [-0.25, -0.2) is 12.8 Å². The summed E-state index contributed by atoms with van der Waals surface area (Å²) in [5.41, 5.74) is 0.604. The number of hydrogen-bond donors (Lipinski definition) is 1. The highest BCUT2D eigenvalue weighted by atomic mass is 35.5. The molecule has 1 atom stereocenters. The number of carbonyl (C=O) groups excluding carboxylic acids is 2. The third kappa shape index (κ3) is 8.64. The first-order valence-corrected chi connectivity index (χ1v) is 14.1. The normalized spacial score (nSPS) is 12.3. The Morgan fingerprint density at radius 2 is 1.72 bits per heavy atom. The Morgan fingerprint density at radius 3 is 2.31 bits per heavy atom.